The van der Waals surface area contributed by atoms with E-state index in [0.717, 1.165) is 24.5 Å². The number of benzene rings is 1. The first-order chi connectivity index (χ1) is 15.7. The van der Waals surface area contributed by atoms with E-state index in [-0.39, 0.29) is 12.0 Å². The Morgan fingerprint density at radius 1 is 1.09 bits per heavy atom. The number of halogens is 1. The molecule has 3 heterocycles. The maximum atomic E-state index is 12.5. The van der Waals surface area contributed by atoms with E-state index >= 15 is 0 Å². The van der Waals surface area contributed by atoms with Crippen molar-refractivity contribution in [3.63, 3.8) is 0 Å². The number of amides is 2. The topological polar surface area (TPSA) is 98.8 Å². The van der Waals surface area contributed by atoms with Gasteiger partial charge in [-0.1, -0.05) is 11.6 Å². The Morgan fingerprint density at radius 3 is 2.42 bits per heavy atom. The number of nitrogens with one attached hydrogen (secondary N) is 3. The summed E-state index contributed by atoms with van der Waals surface area (Å²) in [5.74, 6) is 0.278. The molecule has 2 aromatic rings. The van der Waals surface area contributed by atoms with E-state index in [0.29, 0.717) is 48.4 Å². The van der Waals surface area contributed by atoms with Crippen LogP contribution in [0.2, 0.25) is 5.15 Å². The van der Waals surface area contributed by atoms with Gasteiger partial charge in [-0.2, -0.15) is 0 Å². The number of rotatable bonds is 3. The number of pyridine rings is 1. The lowest BCUT2D eigenvalue weighted by Gasteiger charge is -2.36. The van der Waals surface area contributed by atoms with Crippen LogP contribution in [0.1, 0.15) is 31.1 Å². The quantitative estimate of drug-likeness (QED) is 0.586. The van der Waals surface area contributed by atoms with E-state index in [2.05, 4.69) is 25.8 Å². The van der Waals surface area contributed by atoms with E-state index in [9.17, 15) is 9.59 Å². The first-order valence-electron chi connectivity index (χ1n) is 11.0. The zero-order chi connectivity index (χ0) is 23.6. The number of piperazine rings is 1. The number of carbonyl (C=O) groups is 2. The van der Waals surface area contributed by atoms with Crippen molar-refractivity contribution in [2.75, 3.05) is 54.8 Å². The van der Waals surface area contributed by atoms with Crippen molar-refractivity contribution in [2.45, 2.75) is 26.4 Å². The van der Waals surface area contributed by atoms with Crippen LogP contribution < -0.4 is 20.9 Å². The van der Waals surface area contributed by atoms with Gasteiger partial charge in [0.25, 0.3) is 5.91 Å². The van der Waals surface area contributed by atoms with E-state index in [1.165, 1.54) is 0 Å². The van der Waals surface area contributed by atoms with Crippen molar-refractivity contribution in [3.05, 3.63) is 41.0 Å². The van der Waals surface area contributed by atoms with Crippen LogP contribution in [0, 0.1) is 0 Å². The van der Waals surface area contributed by atoms with E-state index in [1.807, 2.05) is 45.0 Å². The molecule has 1 aromatic heterocycles. The van der Waals surface area contributed by atoms with Gasteiger partial charge in [0.2, 0.25) is 0 Å². The van der Waals surface area contributed by atoms with Gasteiger partial charge in [-0.3, -0.25) is 4.79 Å². The minimum Gasteiger partial charge on any atom is -0.444 e. The van der Waals surface area contributed by atoms with Crippen LogP contribution in [-0.2, 0) is 4.74 Å². The molecule has 10 heteroatoms. The Hall–Kier alpha value is -3.20. The van der Waals surface area contributed by atoms with E-state index < -0.39 is 5.60 Å². The van der Waals surface area contributed by atoms with Crippen LogP contribution in [0.5, 0.6) is 0 Å². The first kappa shape index (κ1) is 23.0. The highest BCUT2D eigenvalue weighted by Crippen LogP contribution is 2.30. The highest BCUT2D eigenvalue weighted by atomic mass is 35.5. The van der Waals surface area contributed by atoms with Crippen molar-refractivity contribution in [1.29, 1.82) is 0 Å². The highest BCUT2D eigenvalue weighted by Gasteiger charge is 2.26. The molecule has 9 nitrogen and oxygen atoms in total. The second-order valence-electron chi connectivity index (χ2n) is 9.03. The third kappa shape index (κ3) is 5.60. The molecular weight excluding hydrogens is 444 g/mol. The Morgan fingerprint density at radius 2 is 1.76 bits per heavy atom. The van der Waals surface area contributed by atoms with Crippen LogP contribution in [0.4, 0.5) is 27.7 Å². The fourth-order valence-corrected chi connectivity index (χ4v) is 3.99. The lowest BCUT2D eigenvalue weighted by molar-refractivity contribution is 0.0240. The van der Waals surface area contributed by atoms with Crippen molar-refractivity contribution in [1.82, 2.24) is 15.2 Å². The Labute approximate surface area is 198 Å². The summed E-state index contributed by atoms with van der Waals surface area (Å²) in [6, 6.07) is 9.60. The minimum atomic E-state index is -0.495. The number of hydrogen-bond acceptors (Lipinski definition) is 7. The standard InChI is InChI=1S/C23H29ClN6O3/c1-23(2,3)33-22(32)30-12-10-29(11-13-30)16-6-4-15(5-7-16)27-17-14-18(24)28-20-19(17)21(31)26-9-8-25-20/h4-7,14H,8-13H2,1-3H3,(H,26,31)(H2,25,27,28). The molecule has 1 saturated heterocycles. The molecular formula is C23H29ClN6O3. The average molecular weight is 473 g/mol. The summed E-state index contributed by atoms with van der Waals surface area (Å²) >= 11 is 6.18. The predicted octanol–water partition coefficient (Wildman–Crippen LogP) is 3.69. The summed E-state index contributed by atoms with van der Waals surface area (Å²) < 4.78 is 5.47. The Balaban J connectivity index is 1.42. The molecule has 4 rings (SSSR count). The molecule has 33 heavy (non-hydrogen) atoms. The fraction of sp³-hybridized carbons (Fsp3) is 0.435. The number of nitrogens with zero attached hydrogens (tertiary/aromatic N) is 3. The van der Waals surface area contributed by atoms with Gasteiger partial charge in [-0.15, -0.1) is 0 Å². The maximum Gasteiger partial charge on any atom is 0.410 e. The molecule has 3 N–H and O–H groups in total. The normalized spacial score (nSPS) is 16.3. The second kappa shape index (κ2) is 9.35. The van der Waals surface area contributed by atoms with Crippen molar-refractivity contribution < 1.29 is 14.3 Å². The van der Waals surface area contributed by atoms with Gasteiger partial charge < -0.3 is 30.5 Å². The minimum absolute atomic E-state index is 0.193. The molecule has 2 aliphatic heterocycles. The molecule has 2 aliphatic rings. The van der Waals surface area contributed by atoms with Crippen LogP contribution in [0.15, 0.2) is 30.3 Å². The van der Waals surface area contributed by atoms with Gasteiger partial charge in [0, 0.05) is 50.6 Å². The summed E-state index contributed by atoms with van der Waals surface area (Å²) in [5, 5.41) is 9.59. The number of carbonyl (C=O) groups excluding carboxylic acids is 2. The number of fused-ring (bicyclic) bond motifs is 1. The molecule has 0 radical (unpaired) electrons. The van der Waals surface area contributed by atoms with Crippen LogP contribution >= 0.6 is 11.6 Å². The molecule has 2 amide bonds. The molecule has 0 aliphatic carbocycles. The molecule has 1 aromatic carbocycles. The highest BCUT2D eigenvalue weighted by molar-refractivity contribution is 6.30. The zero-order valence-corrected chi connectivity index (χ0v) is 19.8. The van der Waals surface area contributed by atoms with Gasteiger partial charge in [0.15, 0.2) is 0 Å². The summed E-state index contributed by atoms with van der Waals surface area (Å²) in [6.07, 6.45) is -0.268. The maximum absolute atomic E-state index is 12.5. The number of aromatic nitrogens is 1. The van der Waals surface area contributed by atoms with Gasteiger partial charge >= 0.3 is 6.09 Å². The van der Waals surface area contributed by atoms with Crippen LogP contribution in [-0.4, -0.2) is 66.8 Å². The van der Waals surface area contributed by atoms with Gasteiger partial charge in [0.1, 0.15) is 22.1 Å². The van der Waals surface area contributed by atoms with Gasteiger partial charge in [-0.05, 0) is 51.1 Å². The average Bonchev–Trinajstić information content (AvgIpc) is 2.94. The summed E-state index contributed by atoms with van der Waals surface area (Å²) in [7, 11) is 0. The summed E-state index contributed by atoms with van der Waals surface area (Å²) in [4.78, 5) is 33.0. The number of ether oxygens (including phenoxy) is 1. The summed E-state index contributed by atoms with van der Waals surface area (Å²) in [5.41, 5.74) is 2.43. The molecule has 1 fully saturated rings. The fourth-order valence-electron chi connectivity index (χ4n) is 3.80. The molecule has 0 spiro atoms. The molecule has 0 bridgehead atoms. The Kier molecular flexibility index (Phi) is 6.51. The van der Waals surface area contributed by atoms with Crippen molar-refractivity contribution in [3.8, 4) is 0 Å². The van der Waals surface area contributed by atoms with Gasteiger partial charge in [-0.25, -0.2) is 9.78 Å². The predicted molar refractivity (Wildman–Crippen MR) is 130 cm³/mol. The van der Waals surface area contributed by atoms with E-state index in [1.54, 1.807) is 11.0 Å². The van der Waals surface area contributed by atoms with Crippen LogP contribution in [0.3, 0.4) is 0 Å². The summed E-state index contributed by atoms with van der Waals surface area (Å²) in [6.45, 7) is 9.39. The number of hydrogen-bond donors (Lipinski definition) is 3. The van der Waals surface area contributed by atoms with Crippen molar-refractivity contribution >= 4 is 46.5 Å². The monoisotopic (exact) mass is 472 g/mol. The molecule has 176 valence electrons. The third-order valence-corrected chi connectivity index (χ3v) is 5.55. The third-order valence-electron chi connectivity index (χ3n) is 5.36. The number of anilines is 4. The van der Waals surface area contributed by atoms with E-state index in [4.69, 9.17) is 16.3 Å². The Bertz CT molecular complexity index is 1030. The van der Waals surface area contributed by atoms with Crippen LogP contribution in [0.25, 0.3) is 0 Å². The largest absolute Gasteiger partial charge is 0.444 e. The second-order valence-corrected chi connectivity index (χ2v) is 9.41. The van der Waals surface area contributed by atoms with Gasteiger partial charge in [0.05, 0.1) is 5.69 Å². The first-order valence-corrected chi connectivity index (χ1v) is 11.4. The SMILES string of the molecule is CC(C)(C)OC(=O)N1CCN(c2ccc(Nc3cc(Cl)nc4c3C(=O)NCCN4)cc2)CC1. The molecule has 0 atom stereocenters. The molecule has 0 unspecified atom stereocenters. The molecule has 0 saturated carbocycles. The zero-order valence-electron chi connectivity index (χ0n) is 19.1. The van der Waals surface area contributed by atoms with Crippen molar-refractivity contribution in [2.24, 2.45) is 0 Å². The lowest BCUT2D eigenvalue weighted by Crippen LogP contribution is -2.50. The lowest BCUT2D eigenvalue weighted by atomic mass is 10.1. The smallest absolute Gasteiger partial charge is 0.410 e.